The quantitative estimate of drug-likeness (QED) is 0.576. The van der Waals surface area contributed by atoms with Gasteiger partial charge >= 0.3 is 0 Å². The van der Waals surface area contributed by atoms with E-state index in [-0.39, 0.29) is 17.9 Å². The Morgan fingerprint density at radius 1 is 1.15 bits per heavy atom. The molecule has 9 heteroatoms. The third-order valence-corrected chi connectivity index (χ3v) is 5.17. The van der Waals surface area contributed by atoms with Crippen molar-refractivity contribution in [3.63, 3.8) is 0 Å². The lowest BCUT2D eigenvalue weighted by atomic mass is 10.1. The maximum atomic E-state index is 12.4. The van der Waals surface area contributed by atoms with E-state index in [0.29, 0.717) is 5.56 Å². The van der Waals surface area contributed by atoms with Gasteiger partial charge in [-0.1, -0.05) is 35.9 Å². The molecule has 0 heterocycles. The minimum Gasteiger partial charge on any atom is -0.324 e. The van der Waals surface area contributed by atoms with Crippen molar-refractivity contribution >= 4 is 27.3 Å². The number of hydrogen-bond acceptors (Lipinski definition) is 5. The third kappa shape index (κ3) is 5.87. The Balaban J connectivity index is 2.16. The fourth-order valence-corrected chi connectivity index (χ4v) is 3.13. The zero-order chi connectivity index (χ0) is 20.2. The number of anilines is 1. The third-order valence-electron chi connectivity index (χ3n) is 3.97. The average Bonchev–Trinajstić information content (AvgIpc) is 2.57. The molecule has 0 saturated heterocycles. The molecule has 0 saturated carbocycles. The Hall–Kier alpha value is -2.78. The summed E-state index contributed by atoms with van der Waals surface area (Å²) in [6.45, 7) is 3.28. The van der Waals surface area contributed by atoms with E-state index in [0.717, 1.165) is 21.7 Å². The predicted octanol–water partition coefficient (Wildman–Crippen LogP) is 2.61. The number of aryl methyl sites for hydroxylation is 2. The molecule has 0 unspecified atom stereocenters. The molecular weight excluding hydrogens is 370 g/mol. The smallest absolute Gasteiger partial charge is 0.271 e. The average molecular weight is 391 g/mol. The summed E-state index contributed by atoms with van der Waals surface area (Å²) in [5, 5.41) is 13.4. The van der Waals surface area contributed by atoms with Gasteiger partial charge in [-0.05, 0) is 25.0 Å². The van der Waals surface area contributed by atoms with E-state index in [1.54, 1.807) is 19.1 Å². The summed E-state index contributed by atoms with van der Waals surface area (Å²) in [7, 11) is -3.63. The lowest BCUT2D eigenvalue weighted by molar-refractivity contribution is -0.384. The number of carbonyl (C=O) groups is 1. The Labute approximate surface area is 158 Å². The molecule has 0 atom stereocenters. The van der Waals surface area contributed by atoms with Crippen LogP contribution in [0.2, 0.25) is 0 Å². The number of rotatable bonds is 7. The van der Waals surface area contributed by atoms with Crippen LogP contribution in [-0.2, 0) is 21.4 Å². The summed E-state index contributed by atoms with van der Waals surface area (Å²) < 4.78 is 25.2. The first-order chi connectivity index (χ1) is 12.6. The molecule has 2 rings (SSSR count). The van der Waals surface area contributed by atoms with Crippen molar-refractivity contribution in [3.05, 3.63) is 69.3 Å². The second-order valence-corrected chi connectivity index (χ2v) is 8.30. The maximum absolute atomic E-state index is 12.4. The lowest BCUT2D eigenvalue weighted by Crippen LogP contribution is -2.37. The van der Waals surface area contributed by atoms with Gasteiger partial charge in [0.05, 0.1) is 23.4 Å². The van der Waals surface area contributed by atoms with E-state index in [1.165, 1.54) is 18.2 Å². The largest absolute Gasteiger partial charge is 0.324 e. The van der Waals surface area contributed by atoms with Gasteiger partial charge in [-0.3, -0.25) is 14.9 Å². The molecule has 2 aromatic carbocycles. The number of benzene rings is 2. The molecule has 0 fully saturated rings. The zero-order valence-electron chi connectivity index (χ0n) is 15.3. The second kappa shape index (κ2) is 8.28. The van der Waals surface area contributed by atoms with Crippen molar-refractivity contribution in [1.82, 2.24) is 4.31 Å². The van der Waals surface area contributed by atoms with Crippen molar-refractivity contribution in [3.8, 4) is 0 Å². The fourth-order valence-electron chi connectivity index (χ4n) is 2.40. The molecule has 0 bridgehead atoms. The number of nitrogens with zero attached hydrogens (tertiary/aromatic N) is 2. The SMILES string of the molecule is Cc1ccc(CN(CC(=O)Nc2cc([N+](=O)[O-])ccc2C)S(C)(=O)=O)cc1. The van der Waals surface area contributed by atoms with Crippen molar-refractivity contribution in [2.45, 2.75) is 20.4 Å². The number of nitro benzene ring substituents is 1. The van der Waals surface area contributed by atoms with Gasteiger partial charge < -0.3 is 5.32 Å². The highest BCUT2D eigenvalue weighted by atomic mass is 32.2. The van der Waals surface area contributed by atoms with E-state index in [9.17, 15) is 23.3 Å². The molecule has 144 valence electrons. The standard InChI is InChI=1S/C18H21N3O5S/c1-13-4-7-15(8-5-13)11-20(27(3,25)26)12-18(22)19-17-10-16(21(23)24)9-6-14(17)2/h4-10H,11-12H2,1-3H3,(H,19,22). The number of amides is 1. The Kier molecular flexibility index (Phi) is 6.29. The molecule has 0 aliphatic rings. The van der Waals surface area contributed by atoms with Crippen molar-refractivity contribution in [2.75, 3.05) is 18.1 Å². The Bertz CT molecular complexity index is 955. The molecule has 8 nitrogen and oxygen atoms in total. The first kappa shape index (κ1) is 20.5. The number of non-ortho nitro benzene ring substituents is 1. The van der Waals surface area contributed by atoms with Gasteiger partial charge in [0.25, 0.3) is 5.69 Å². The predicted molar refractivity (Wildman–Crippen MR) is 103 cm³/mol. The molecule has 0 spiro atoms. The first-order valence-corrected chi connectivity index (χ1v) is 9.96. The highest BCUT2D eigenvalue weighted by Crippen LogP contribution is 2.22. The maximum Gasteiger partial charge on any atom is 0.271 e. The summed E-state index contributed by atoms with van der Waals surface area (Å²) >= 11 is 0. The molecule has 0 aliphatic carbocycles. The van der Waals surface area contributed by atoms with Gasteiger partial charge in [0.1, 0.15) is 0 Å². The first-order valence-electron chi connectivity index (χ1n) is 8.12. The molecule has 1 amide bonds. The highest BCUT2D eigenvalue weighted by molar-refractivity contribution is 7.88. The van der Waals surface area contributed by atoms with Crippen LogP contribution in [0.5, 0.6) is 0 Å². The van der Waals surface area contributed by atoms with E-state index >= 15 is 0 Å². The van der Waals surface area contributed by atoms with Gasteiger partial charge in [-0.2, -0.15) is 4.31 Å². The summed E-state index contributed by atoms with van der Waals surface area (Å²) in [4.78, 5) is 22.7. The molecule has 0 radical (unpaired) electrons. The number of hydrogen-bond donors (Lipinski definition) is 1. The van der Waals surface area contributed by atoms with Crippen LogP contribution in [0, 0.1) is 24.0 Å². The van der Waals surface area contributed by atoms with Crippen LogP contribution in [-0.4, -0.2) is 36.4 Å². The van der Waals surface area contributed by atoms with Crippen LogP contribution in [0.3, 0.4) is 0 Å². The highest BCUT2D eigenvalue weighted by Gasteiger charge is 2.21. The second-order valence-electron chi connectivity index (χ2n) is 6.32. The summed E-state index contributed by atoms with van der Waals surface area (Å²) in [6.07, 6.45) is 1.03. The summed E-state index contributed by atoms with van der Waals surface area (Å²) in [5.74, 6) is -0.573. The Morgan fingerprint density at radius 2 is 1.78 bits per heavy atom. The molecule has 0 aliphatic heterocycles. The van der Waals surface area contributed by atoms with Crippen molar-refractivity contribution < 1.29 is 18.1 Å². The summed E-state index contributed by atoms with van der Waals surface area (Å²) in [5.41, 5.74) is 2.56. The van der Waals surface area contributed by atoms with E-state index in [1.807, 2.05) is 19.1 Å². The minimum atomic E-state index is -3.63. The van der Waals surface area contributed by atoms with E-state index in [2.05, 4.69) is 5.32 Å². The van der Waals surface area contributed by atoms with Gasteiger partial charge in [0.15, 0.2) is 0 Å². The van der Waals surface area contributed by atoms with Crippen LogP contribution < -0.4 is 5.32 Å². The van der Waals surface area contributed by atoms with Crippen LogP contribution in [0.15, 0.2) is 42.5 Å². The van der Waals surface area contributed by atoms with Crippen molar-refractivity contribution in [2.24, 2.45) is 0 Å². The number of carbonyl (C=O) groups excluding carboxylic acids is 1. The van der Waals surface area contributed by atoms with Crippen LogP contribution in [0.4, 0.5) is 11.4 Å². The fraction of sp³-hybridized carbons (Fsp3) is 0.278. The van der Waals surface area contributed by atoms with E-state index < -0.39 is 27.4 Å². The van der Waals surface area contributed by atoms with Gasteiger partial charge in [-0.15, -0.1) is 0 Å². The zero-order valence-corrected chi connectivity index (χ0v) is 16.1. The monoisotopic (exact) mass is 391 g/mol. The van der Waals surface area contributed by atoms with Crippen LogP contribution >= 0.6 is 0 Å². The van der Waals surface area contributed by atoms with E-state index in [4.69, 9.17) is 0 Å². The molecular formula is C18H21N3O5S. The molecule has 1 N–H and O–H groups in total. The summed E-state index contributed by atoms with van der Waals surface area (Å²) in [6, 6.07) is 11.4. The molecule has 27 heavy (non-hydrogen) atoms. The molecule has 2 aromatic rings. The number of nitro groups is 1. The number of sulfonamides is 1. The minimum absolute atomic E-state index is 0.0560. The van der Waals surface area contributed by atoms with Gasteiger partial charge in [0.2, 0.25) is 15.9 Å². The normalized spacial score (nSPS) is 11.4. The number of nitrogens with one attached hydrogen (secondary N) is 1. The Morgan fingerprint density at radius 3 is 2.33 bits per heavy atom. The topological polar surface area (TPSA) is 110 Å². The van der Waals surface area contributed by atoms with Crippen molar-refractivity contribution in [1.29, 1.82) is 0 Å². The molecule has 0 aromatic heterocycles. The van der Waals surface area contributed by atoms with Gasteiger partial charge in [-0.25, -0.2) is 8.42 Å². The van der Waals surface area contributed by atoms with Crippen LogP contribution in [0.1, 0.15) is 16.7 Å². The van der Waals surface area contributed by atoms with Gasteiger partial charge in [0, 0.05) is 18.7 Å². The lowest BCUT2D eigenvalue weighted by Gasteiger charge is -2.20. The van der Waals surface area contributed by atoms with Crippen LogP contribution in [0.25, 0.3) is 0 Å².